The van der Waals surface area contributed by atoms with E-state index in [0.29, 0.717) is 0 Å². The van der Waals surface area contributed by atoms with Crippen LogP contribution in [0.2, 0.25) is 0 Å². The maximum absolute atomic E-state index is 14.0. The van der Waals surface area contributed by atoms with E-state index in [0.717, 1.165) is 6.26 Å². The maximum Gasteiger partial charge on any atom is 0.229 e. The lowest BCUT2D eigenvalue weighted by Gasteiger charge is -2.39. The zero-order valence-electron chi connectivity index (χ0n) is 15.5. The molecule has 1 aliphatic heterocycles. The fourth-order valence-electron chi connectivity index (χ4n) is 3.35. The van der Waals surface area contributed by atoms with E-state index in [-0.39, 0.29) is 27.8 Å². The van der Waals surface area contributed by atoms with Crippen LogP contribution in [0.25, 0.3) is 22.1 Å². The Morgan fingerprint density at radius 1 is 1.00 bits per heavy atom. The minimum atomic E-state index is -1.58. The minimum Gasteiger partial charge on any atom is -0.463 e. The molecule has 1 aliphatic rings. The minimum absolute atomic E-state index is 0.0724. The molecule has 8 nitrogen and oxygen atoms in total. The van der Waals surface area contributed by atoms with E-state index in [4.69, 9.17) is 13.9 Å². The molecule has 2 heterocycles. The second-order valence-electron chi connectivity index (χ2n) is 6.93. The average Bonchev–Trinajstić information content (AvgIpc) is 2.75. The number of fused-ring (bicyclic) bond motifs is 1. The Morgan fingerprint density at radius 3 is 2.50 bits per heavy atom. The summed E-state index contributed by atoms with van der Waals surface area (Å²) in [5.41, 5.74) is -0.0825. The lowest BCUT2D eigenvalue weighted by Crippen LogP contribution is -2.60. The van der Waals surface area contributed by atoms with E-state index in [1.165, 1.54) is 36.4 Å². The number of aliphatic hydroxyl groups excluding tert-OH is 4. The molecule has 9 heteroatoms. The molecule has 4 rings (SSSR count). The van der Waals surface area contributed by atoms with E-state index in [1.54, 1.807) is 6.07 Å². The lowest BCUT2D eigenvalue weighted by atomic mass is 9.99. The molecule has 158 valence electrons. The smallest absolute Gasteiger partial charge is 0.229 e. The van der Waals surface area contributed by atoms with Gasteiger partial charge in [0.25, 0.3) is 0 Å². The lowest BCUT2D eigenvalue weighted by molar-refractivity contribution is -0.277. The number of benzene rings is 2. The topological polar surface area (TPSA) is 130 Å². The summed E-state index contributed by atoms with van der Waals surface area (Å²) < 4.78 is 30.4. The molecular weight excluding hydrogens is 399 g/mol. The highest BCUT2D eigenvalue weighted by molar-refractivity contribution is 5.82. The molecule has 1 aromatic heterocycles. The largest absolute Gasteiger partial charge is 0.463 e. The summed E-state index contributed by atoms with van der Waals surface area (Å²) in [6.07, 6.45) is -5.99. The molecule has 30 heavy (non-hydrogen) atoms. The zero-order valence-corrected chi connectivity index (χ0v) is 15.5. The van der Waals surface area contributed by atoms with Crippen molar-refractivity contribution in [2.75, 3.05) is 6.61 Å². The van der Waals surface area contributed by atoms with Crippen molar-refractivity contribution >= 4 is 11.0 Å². The van der Waals surface area contributed by atoms with Crippen molar-refractivity contribution in [2.24, 2.45) is 0 Å². The van der Waals surface area contributed by atoms with Gasteiger partial charge in [-0.2, -0.15) is 0 Å². The highest BCUT2D eigenvalue weighted by atomic mass is 19.1. The number of hydrogen-bond donors (Lipinski definition) is 4. The molecule has 1 saturated heterocycles. The molecule has 0 saturated carbocycles. The molecule has 0 unspecified atom stereocenters. The van der Waals surface area contributed by atoms with Crippen LogP contribution in [0.3, 0.4) is 0 Å². The summed E-state index contributed by atoms with van der Waals surface area (Å²) in [6, 6.07) is 10.1. The van der Waals surface area contributed by atoms with E-state index < -0.39 is 48.6 Å². The van der Waals surface area contributed by atoms with Crippen molar-refractivity contribution in [3.63, 3.8) is 0 Å². The summed E-state index contributed by atoms with van der Waals surface area (Å²) in [7, 11) is 0. The third-order valence-corrected chi connectivity index (χ3v) is 5.01. The summed E-state index contributed by atoms with van der Waals surface area (Å²) in [4.78, 5) is 12.8. The van der Waals surface area contributed by atoms with Crippen LogP contribution in [0.15, 0.2) is 57.9 Å². The Kier molecular flexibility index (Phi) is 5.54. The predicted octanol–water partition coefficient (Wildman–Crippen LogP) is 0.778. The first-order chi connectivity index (χ1) is 14.4. The number of hydrogen-bond acceptors (Lipinski definition) is 8. The van der Waals surface area contributed by atoms with E-state index >= 15 is 0 Å². The van der Waals surface area contributed by atoms with Gasteiger partial charge in [0, 0.05) is 11.6 Å². The Morgan fingerprint density at radius 2 is 1.77 bits per heavy atom. The summed E-state index contributed by atoms with van der Waals surface area (Å²) in [5.74, 6) is -0.402. The van der Waals surface area contributed by atoms with Crippen LogP contribution in [0.5, 0.6) is 5.75 Å². The fraction of sp³-hybridized carbons (Fsp3) is 0.286. The van der Waals surface area contributed by atoms with Crippen LogP contribution in [0.4, 0.5) is 4.39 Å². The Balaban J connectivity index is 1.64. The SMILES string of the molecule is O=c1c(-c2ccccc2F)coc2cc(O[C@H]3O[C@@H](CO)[C@@H](O)[C@@H](O)[C@H]3O)ccc12. The average molecular weight is 418 g/mol. The summed E-state index contributed by atoms with van der Waals surface area (Å²) >= 11 is 0. The molecule has 0 aliphatic carbocycles. The highest BCUT2D eigenvalue weighted by Gasteiger charge is 2.44. The Bertz CT molecular complexity index is 1110. The van der Waals surface area contributed by atoms with Gasteiger partial charge in [-0.1, -0.05) is 18.2 Å². The third-order valence-electron chi connectivity index (χ3n) is 5.01. The number of aliphatic hydroxyl groups is 4. The quantitative estimate of drug-likeness (QED) is 0.489. The van der Waals surface area contributed by atoms with Gasteiger partial charge in [-0.3, -0.25) is 4.79 Å². The van der Waals surface area contributed by atoms with Crippen LogP contribution >= 0.6 is 0 Å². The molecule has 0 radical (unpaired) electrons. The van der Waals surface area contributed by atoms with Crippen molar-refractivity contribution in [1.82, 2.24) is 0 Å². The van der Waals surface area contributed by atoms with Crippen molar-refractivity contribution in [1.29, 1.82) is 0 Å². The monoisotopic (exact) mass is 418 g/mol. The molecule has 1 fully saturated rings. The fourth-order valence-corrected chi connectivity index (χ4v) is 3.35. The number of rotatable bonds is 4. The summed E-state index contributed by atoms with van der Waals surface area (Å²) in [5, 5.41) is 39.2. The van der Waals surface area contributed by atoms with Gasteiger partial charge in [-0.05, 0) is 18.2 Å². The summed E-state index contributed by atoms with van der Waals surface area (Å²) in [6.45, 7) is -0.587. The van der Waals surface area contributed by atoms with Gasteiger partial charge in [0.1, 0.15) is 47.8 Å². The van der Waals surface area contributed by atoms with Crippen LogP contribution < -0.4 is 10.2 Å². The van der Waals surface area contributed by atoms with Gasteiger partial charge < -0.3 is 34.3 Å². The normalized spacial score (nSPS) is 26.6. The standard InChI is InChI=1S/C21H19FO8/c22-14-4-2-1-3-11(14)13-9-28-15-7-10(5-6-12(15)17(13)24)29-21-20(27)19(26)18(25)16(8-23)30-21/h1-7,9,16,18-21,23,25-27H,8H2/t16-,18+,19+,20+,21-/m0/s1. The molecule has 2 aromatic carbocycles. The third kappa shape index (κ3) is 3.57. The molecule has 0 amide bonds. The van der Waals surface area contributed by atoms with Crippen molar-refractivity contribution in [2.45, 2.75) is 30.7 Å². The van der Waals surface area contributed by atoms with Gasteiger partial charge >= 0.3 is 0 Å². The molecule has 0 spiro atoms. The zero-order chi connectivity index (χ0) is 21.4. The van der Waals surface area contributed by atoms with Crippen molar-refractivity contribution in [3.05, 3.63) is 64.8 Å². The van der Waals surface area contributed by atoms with Crippen LogP contribution in [-0.2, 0) is 4.74 Å². The van der Waals surface area contributed by atoms with Gasteiger partial charge in [-0.15, -0.1) is 0 Å². The Labute approximate surface area is 169 Å². The van der Waals surface area contributed by atoms with E-state index in [2.05, 4.69) is 0 Å². The molecule has 4 N–H and O–H groups in total. The number of halogens is 1. The maximum atomic E-state index is 14.0. The van der Waals surface area contributed by atoms with Gasteiger partial charge in [0.05, 0.1) is 17.6 Å². The van der Waals surface area contributed by atoms with Gasteiger partial charge in [0.2, 0.25) is 11.7 Å². The second-order valence-corrected chi connectivity index (χ2v) is 6.93. The second kappa shape index (κ2) is 8.13. The van der Waals surface area contributed by atoms with Crippen molar-refractivity contribution in [3.8, 4) is 16.9 Å². The Hall–Kier alpha value is -2.82. The van der Waals surface area contributed by atoms with Gasteiger partial charge in [0.15, 0.2) is 0 Å². The van der Waals surface area contributed by atoms with Crippen LogP contribution in [-0.4, -0.2) is 57.7 Å². The molecule has 3 aromatic rings. The van der Waals surface area contributed by atoms with Crippen LogP contribution in [0, 0.1) is 5.82 Å². The molecular formula is C21H19FO8. The van der Waals surface area contributed by atoms with Crippen LogP contribution in [0.1, 0.15) is 0 Å². The van der Waals surface area contributed by atoms with E-state index in [1.807, 2.05) is 0 Å². The van der Waals surface area contributed by atoms with Gasteiger partial charge in [-0.25, -0.2) is 4.39 Å². The first-order valence-corrected chi connectivity index (χ1v) is 9.18. The van der Waals surface area contributed by atoms with E-state index in [9.17, 15) is 29.6 Å². The predicted molar refractivity (Wildman–Crippen MR) is 102 cm³/mol. The first-order valence-electron chi connectivity index (χ1n) is 9.18. The number of ether oxygens (including phenoxy) is 2. The molecule has 5 atom stereocenters. The highest BCUT2D eigenvalue weighted by Crippen LogP contribution is 2.28. The first kappa shape index (κ1) is 20.5. The molecule has 0 bridgehead atoms. The van der Waals surface area contributed by atoms with Crippen molar-refractivity contribution < 1.29 is 38.7 Å².